The number of nitrogens with zero attached hydrogens (tertiary/aromatic N) is 2. The van der Waals surface area contributed by atoms with E-state index in [2.05, 4.69) is 17.1 Å². The average Bonchev–Trinajstić information content (AvgIpc) is 2.80. The summed E-state index contributed by atoms with van der Waals surface area (Å²) in [4.78, 5) is 4.39. The molecule has 1 aromatic heterocycles. The third kappa shape index (κ3) is 3.04. The van der Waals surface area contributed by atoms with Crippen molar-refractivity contribution in [3.63, 3.8) is 0 Å². The third-order valence-corrected chi connectivity index (χ3v) is 3.50. The maximum atomic E-state index is 5.85. The first-order valence-corrected chi connectivity index (χ1v) is 6.28. The van der Waals surface area contributed by atoms with Crippen LogP contribution in [0.1, 0.15) is 56.3 Å². The molecule has 5 heteroatoms. The van der Waals surface area contributed by atoms with E-state index in [0.717, 1.165) is 24.6 Å². The molecule has 1 aliphatic carbocycles. The van der Waals surface area contributed by atoms with E-state index >= 15 is 0 Å². The number of hydrogen-bond acceptors (Lipinski definition) is 5. The summed E-state index contributed by atoms with van der Waals surface area (Å²) < 4.78 is 10.2. The second kappa shape index (κ2) is 5.60. The largest absolute Gasteiger partial charge is 0.383 e. The molecule has 2 rings (SSSR count). The predicted octanol–water partition coefficient (Wildman–Crippen LogP) is 2.01. The van der Waals surface area contributed by atoms with Crippen molar-refractivity contribution in [2.45, 2.75) is 44.6 Å². The van der Waals surface area contributed by atoms with Crippen LogP contribution in [-0.4, -0.2) is 23.9 Å². The minimum absolute atomic E-state index is 0.316. The van der Waals surface area contributed by atoms with E-state index < -0.39 is 0 Å². The Morgan fingerprint density at radius 1 is 1.41 bits per heavy atom. The van der Waals surface area contributed by atoms with Gasteiger partial charge in [-0.2, -0.15) is 4.98 Å². The molecule has 1 heterocycles. The first-order valence-electron chi connectivity index (χ1n) is 6.28. The molecule has 0 aliphatic heterocycles. The SMILES string of the molecule is COCC(N)c1nc(C2CCC(C)CC2)no1. The average molecular weight is 239 g/mol. The highest BCUT2D eigenvalue weighted by Crippen LogP contribution is 2.34. The predicted molar refractivity (Wildman–Crippen MR) is 63.5 cm³/mol. The van der Waals surface area contributed by atoms with Gasteiger partial charge >= 0.3 is 0 Å². The van der Waals surface area contributed by atoms with Gasteiger partial charge in [-0.25, -0.2) is 0 Å². The van der Waals surface area contributed by atoms with E-state index in [1.165, 1.54) is 12.8 Å². The van der Waals surface area contributed by atoms with Crippen molar-refractivity contribution >= 4 is 0 Å². The van der Waals surface area contributed by atoms with Gasteiger partial charge in [0, 0.05) is 13.0 Å². The summed E-state index contributed by atoms with van der Waals surface area (Å²) in [5.41, 5.74) is 5.85. The maximum absolute atomic E-state index is 5.85. The molecule has 1 unspecified atom stereocenters. The lowest BCUT2D eigenvalue weighted by atomic mass is 9.83. The highest BCUT2D eigenvalue weighted by atomic mass is 16.5. The van der Waals surface area contributed by atoms with Crippen LogP contribution in [-0.2, 0) is 4.74 Å². The van der Waals surface area contributed by atoms with Crippen LogP contribution >= 0.6 is 0 Å². The Hall–Kier alpha value is -0.940. The van der Waals surface area contributed by atoms with Crippen molar-refractivity contribution < 1.29 is 9.26 Å². The van der Waals surface area contributed by atoms with Crippen LogP contribution in [0.5, 0.6) is 0 Å². The van der Waals surface area contributed by atoms with Crippen molar-refractivity contribution in [2.24, 2.45) is 11.7 Å². The van der Waals surface area contributed by atoms with Crippen LogP contribution in [0.2, 0.25) is 0 Å². The van der Waals surface area contributed by atoms with Crippen molar-refractivity contribution in [2.75, 3.05) is 13.7 Å². The van der Waals surface area contributed by atoms with Crippen LogP contribution in [0.15, 0.2) is 4.52 Å². The first kappa shape index (κ1) is 12.5. The Kier molecular flexibility index (Phi) is 4.12. The molecule has 1 fully saturated rings. The number of nitrogens with two attached hydrogens (primary N) is 1. The van der Waals surface area contributed by atoms with Gasteiger partial charge in [0.1, 0.15) is 6.04 Å². The Morgan fingerprint density at radius 2 is 2.12 bits per heavy atom. The molecule has 1 atom stereocenters. The Morgan fingerprint density at radius 3 is 2.76 bits per heavy atom. The maximum Gasteiger partial charge on any atom is 0.245 e. The molecule has 1 aromatic rings. The number of methoxy groups -OCH3 is 1. The van der Waals surface area contributed by atoms with Gasteiger partial charge in [0.05, 0.1) is 6.61 Å². The molecule has 1 aliphatic rings. The van der Waals surface area contributed by atoms with E-state index in [1.54, 1.807) is 7.11 Å². The van der Waals surface area contributed by atoms with Crippen molar-refractivity contribution in [3.8, 4) is 0 Å². The van der Waals surface area contributed by atoms with Crippen molar-refractivity contribution in [3.05, 3.63) is 11.7 Å². The summed E-state index contributed by atoms with van der Waals surface area (Å²) in [7, 11) is 1.61. The molecule has 0 saturated heterocycles. The number of rotatable bonds is 4. The first-order chi connectivity index (χ1) is 8.20. The van der Waals surface area contributed by atoms with Crippen LogP contribution in [0.4, 0.5) is 0 Å². The number of hydrogen-bond donors (Lipinski definition) is 1. The topological polar surface area (TPSA) is 74.2 Å². The molecule has 2 N–H and O–H groups in total. The quantitative estimate of drug-likeness (QED) is 0.870. The monoisotopic (exact) mass is 239 g/mol. The second-order valence-corrected chi connectivity index (χ2v) is 5.01. The fraction of sp³-hybridized carbons (Fsp3) is 0.833. The van der Waals surface area contributed by atoms with Gasteiger partial charge in [0.15, 0.2) is 5.82 Å². The van der Waals surface area contributed by atoms with E-state index in [4.69, 9.17) is 15.0 Å². The Labute approximate surface area is 102 Å². The van der Waals surface area contributed by atoms with Crippen molar-refractivity contribution in [1.29, 1.82) is 0 Å². The molecule has 17 heavy (non-hydrogen) atoms. The fourth-order valence-corrected chi connectivity index (χ4v) is 2.33. The second-order valence-electron chi connectivity index (χ2n) is 5.01. The molecular formula is C12H21N3O2. The lowest BCUT2D eigenvalue weighted by molar-refractivity contribution is 0.166. The normalized spacial score (nSPS) is 27.0. The molecule has 5 nitrogen and oxygen atoms in total. The molecular weight excluding hydrogens is 218 g/mol. The molecule has 0 bridgehead atoms. The van der Waals surface area contributed by atoms with E-state index in [-0.39, 0.29) is 6.04 Å². The van der Waals surface area contributed by atoms with E-state index in [0.29, 0.717) is 18.4 Å². The molecule has 0 radical (unpaired) electrons. The van der Waals surface area contributed by atoms with Gasteiger partial charge in [-0.3, -0.25) is 0 Å². The van der Waals surface area contributed by atoms with E-state index in [1.807, 2.05) is 0 Å². The van der Waals surface area contributed by atoms with Gasteiger partial charge in [0.2, 0.25) is 5.89 Å². The standard InChI is InChI=1S/C12H21N3O2/c1-8-3-5-9(6-4-8)11-14-12(17-15-11)10(13)7-16-2/h8-10H,3-7,13H2,1-2H3. The minimum atomic E-state index is -0.316. The molecule has 0 aromatic carbocycles. The molecule has 0 amide bonds. The van der Waals surface area contributed by atoms with Crippen LogP contribution in [0, 0.1) is 5.92 Å². The summed E-state index contributed by atoms with van der Waals surface area (Å²) in [5.74, 6) is 2.57. The minimum Gasteiger partial charge on any atom is -0.383 e. The van der Waals surface area contributed by atoms with Crippen molar-refractivity contribution in [1.82, 2.24) is 10.1 Å². The number of ether oxygens (including phenoxy) is 1. The Bertz CT molecular complexity index is 345. The van der Waals surface area contributed by atoms with Crippen LogP contribution in [0.25, 0.3) is 0 Å². The zero-order chi connectivity index (χ0) is 12.3. The van der Waals surface area contributed by atoms with Crippen LogP contribution < -0.4 is 5.73 Å². The lowest BCUT2D eigenvalue weighted by Gasteiger charge is -2.23. The third-order valence-electron chi connectivity index (χ3n) is 3.50. The molecule has 0 spiro atoms. The summed E-state index contributed by atoms with van der Waals surface area (Å²) in [5, 5.41) is 4.05. The highest BCUT2D eigenvalue weighted by molar-refractivity contribution is 4.99. The number of aromatic nitrogens is 2. The summed E-state index contributed by atoms with van der Waals surface area (Å²) in [6.07, 6.45) is 4.80. The van der Waals surface area contributed by atoms with E-state index in [9.17, 15) is 0 Å². The molecule has 1 saturated carbocycles. The van der Waals surface area contributed by atoms with Gasteiger partial charge < -0.3 is 15.0 Å². The smallest absolute Gasteiger partial charge is 0.245 e. The fourth-order valence-electron chi connectivity index (χ4n) is 2.33. The summed E-state index contributed by atoms with van der Waals surface area (Å²) in [6.45, 7) is 2.70. The van der Waals surface area contributed by atoms with Gasteiger partial charge in [-0.05, 0) is 18.8 Å². The Balaban J connectivity index is 1.98. The summed E-state index contributed by atoms with van der Waals surface area (Å²) in [6, 6.07) is -0.316. The lowest BCUT2D eigenvalue weighted by Crippen LogP contribution is -2.17. The molecule has 96 valence electrons. The van der Waals surface area contributed by atoms with Gasteiger partial charge in [0.25, 0.3) is 0 Å². The zero-order valence-electron chi connectivity index (χ0n) is 10.6. The van der Waals surface area contributed by atoms with Crippen LogP contribution in [0.3, 0.4) is 0 Å². The highest BCUT2D eigenvalue weighted by Gasteiger charge is 2.25. The van der Waals surface area contributed by atoms with Gasteiger partial charge in [-0.1, -0.05) is 24.9 Å². The van der Waals surface area contributed by atoms with Gasteiger partial charge in [-0.15, -0.1) is 0 Å². The zero-order valence-corrected chi connectivity index (χ0v) is 10.6. The summed E-state index contributed by atoms with van der Waals surface area (Å²) >= 11 is 0.